The molecular weight excluding hydrogens is 306 g/mol. The quantitative estimate of drug-likeness (QED) is 0.917. The molecule has 1 aliphatic heterocycles. The number of aromatic carboxylic acids is 1. The molecule has 0 atom stereocenters. The lowest BCUT2D eigenvalue weighted by molar-refractivity contribution is 0.0686. The molecule has 7 heteroatoms. The second kappa shape index (κ2) is 4.02. The smallest absolute Gasteiger partial charge is 0.358 e. The number of halogens is 1. The minimum atomic E-state index is -1.13. The van der Waals surface area contributed by atoms with Crippen LogP contribution in [0.3, 0.4) is 0 Å². The minimum Gasteiger partial charge on any atom is -0.476 e. The molecule has 0 saturated carbocycles. The molecule has 0 aliphatic carbocycles. The highest BCUT2D eigenvalue weighted by molar-refractivity contribution is 9.10. The van der Waals surface area contributed by atoms with Gasteiger partial charge in [0.25, 0.3) is 0 Å². The largest absolute Gasteiger partial charge is 0.476 e. The second-order valence-corrected chi connectivity index (χ2v) is 4.43. The lowest BCUT2D eigenvalue weighted by atomic mass is 10.1. The van der Waals surface area contributed by atoms with E-state index in [0.717, 1.165) is 0 Å². The van der Waals surface area contributed by atoms with Gasteiger partial charge in [0.1, 0.15) is 0 Å². The third-order valence-corrected chi connectivity index (χ3v) is 3.03. The fourth-order valence-electron chi connectivity index (χ4n) is 1.62. The number of carboxylic acid groups (broad SMARTS) is 1. The van der Waals surface area contributed by atoms with Crippen molar-refractivity contribution in [1.82, 2.24) is 5.16 Å². The van der Waals surface area contributed by atoms with Gasteiger partial charge in [-0.05, 0) is 28.1 Å². The van der Waals surface area contributed by atoms with E-state index < -0.39 is 5.97 Å². The van der Waals surface area contributed by atoms with E-state index in [2.05, 4.69) is 21.1 Å². The number of fused-ring (bicyclic) bond motifs is 1. The first-order chi connectivity index (χ1) is 8.65. The fourth-order valence-corrected chi connectivity index (χ4v) is 2.18. The summed E-state index contributed by atoms with van der Waals surface area (Å²) in [4.78, 5) is 10.7. The van der Waals surface area contributed by atoms with Gasteiger partial charge in [0.05, 0.1) is 4.47 Å². The maximum absolute atomic E-state index is 10.7. The molecule has 0 saturated heterocycles. The van der Waals surface area contributed by atoms with Gasteiger partial charge >= 0.3 is 5.97 Å². The van der Waals surface area contributed by atoms with Crippen LogP contribution in [0.4, 0.5) is 0 Å². The molecule has 2 aromatic rings. The van der Waals surface area contributed by atoms with Gasteiger partial charge in [0.2, 0.25) is 6.79 Å². The lowest BCUT2D eigenvalue weighted by Gasteiger charge is -2.01. The topological polar surface area (TPSA) is 81.8 Å². The third-order valence-electron chi connectivity index (χ3n) is 2.44. The summed E-state index contributed by atoms with van der Waals surface area (Å²) in [7, 11) is 0. The van der Waals surface area contributed by atoms with Crippen LogP contribution in [0.5, 0.6) is 11.5 Å². The maximum Gasteiger partial charge on any atom is 0.358 e. The monoisotopic (exact) mass is 311 g/mol. The molecule has 1 aliphatic rings. The van der Waals surface area contributed by atoms with Gasteiger partial charge in [0.15, 0.2) is 23.0 Å². The molecule has 0 radical (unpaired) electrons. The number of nitrogens with zero attached hydrogens (tertiary/aromatic N) is 1. The SMILES string of the molecule is O=C(O)c1cc(-c2cc(Br)c3c(c2)OCO3)on1. The first kappa shape index (κ1) is 11.1. The predicted molar refractivity (Wildman–Crippen MR) is 62.7 cm³/mol. The summed E-state index contributed by atoms with van der Waals surface area (Å²) in [5.74, 6) is 0.417. The maximum atomic E-state index is 10.7. The van der Waals surface area contributed by atoms with Gasteiger partial charge in [-0.3, -0.25) is 0 Å². The van der Waals surface area contributed by atoms with Crippen molar-refractivity contribution in [3.8, 4) is 22.8 Å². The van der Waals surface area contributed by atoms with Gasteiger partial charge in [-0.25, -0.2) is 4.79 Å². The van der Waals surface area contributed by atoms with Crippen molar-refractivity contribution in [2.75, 3.05) is 6.79 Å². The van der Waals surface area contributed by atoms with Crippen molar-refractivity contribution in [2.45, 2.75) is 0 Å². The van der Waals surface area contributed by atoms with Gasteiger partial charge in [-0.15, -0.1) is 0 Å². The number of carbonyl (C=O) groups is 1. The molecule has 1 N–H and O–H groups in total. The van der Waals surface area contributed by atoms with Crippen molar-refractivity contribution >= 4 is 21.9 Å². The van der Waals surface area contributed by atoms with E-state index in [9.17, 15) is 4.79 Å². The Balaban J connectivity index is 2.06. The van der Waals surface area contributed by atoms with Crippen LogP contribution >= 0.6 is 15.9 Å². The fraction of sp³-hybridized carbons (Fsp3) is 0.0909. The van der Waals surface area contributed by atoms with Crippen LogP contribution in [0, 0.1) is 0 Å². The molecule has 3 rings (SSSR count). The van der Waals surface area contributed by atoms with Crippen LogP contribution in [0.25, 0.3) is 11.3 Å². The summed E-state index contributed by atoms with van der Waals surface area (Å²) in [5, 5.41) is 12.2. The first-order valence-electron chi connectivity index (χ1n) is 4.94. The van der Waals surface area contributed by atoms with E-state index in [1.165, 1.54) is 6.07 Å². The van der Waals surface area contributed by atoms with E-state index in [0.29, 0.717) is 27.3 Å². The number of benzene rings is 1. The van der Waals surface area contributed by atoms with Crippen molar-refractivity contribution < 1.29 is 23.9 Å². The molecule has 0 fully saturated rings. The Morgan fingerprint density at radius 2 is 2.17 bits per heavy atom. The van der Waals surface area contributed by atoms with Gasteiger partial charge in [-0.2, -0.15) is 0 Å². The predicted octanol–water partition coefficient (Wildman–Crippen LogP) is 2.53. The molecule has 92 valence electrons. The molecule has 0 amide bonds. The molecule has 1 aromatic heterocycles. The molecule has 0 bridgehead atoms. The normalized spacial score (nSPS) is 12.7. The van der Waals surface area contributed by atoms with E-state index in [1.807, 2.05) is 0 Å². The van der Waals surface area contributed by atoms with Crippen molar-refractivity contribution in [3.63, 3.8) is 0 Å². The van der Waals surface area contributed by atoms with Crippen LogP contribution in [0.1, 0.15) is 10.5 Å². The number of carboxylic acids is 1. The summed E-state index contributed by atoms with van der Waals surface area (Å²) in [6.07, 6.45) is 0. The first-order valence-corrected chi connectivity index (χ1v) is 5.74. The number of rotatable bonds is 2. The molecule has 6 nitrogen and oxygen atoms in total. The minimum absolute atomic E-state index is 0.140. The van der Waals surface area contributed by atoms with E-state index >= 15 is 0 Å². The number of aromatic nitrogens is 1. The molecule has 0 unspecified atom stereocenters. The average molecular weight is 312 g/mol. The Labute approximate surface area is 109 Å². The van der Waals surface area contributed by atoms with Crippen molar-refractivity contribution in [1.29, 1.82) is 0 Å². The standard InChI is InChI=1S/C11H6BrNO5/c12-6-1-5(2-9-10(6)17-4-16-9)8-3-7(11(14)15)13-18-8/h1-3H,4H2,(H,14,15). The Morgan fingerprint density at radius 3 is 2.89 bits per heavy atom. The average Bonchev–Trinajstić information content (AvgIpc) is 2.97. The van der Waals surface area contributed by atoms with E-state index in [1.54, 1.807) is 12.1 Å². The summed E-state index contributed by atoms with van der Waals surface area (Å²) < 4.78 is 16.2. The molecular formula is C11H6BrNO5. The Morgan fingerprint density at radius 1 is 1.33 bits per heavy atom. The highest BCUT2D eigenvalue weighted by atomic mass is 79.9. The second-order valence-electron chi connectivity index (χ2n) is 3.57. The zero-order chi connectivity index (χ0) is 12.7. The summed E-state index contributed by atoms with van der Waals surface area (Å²) in [5.41, 5.74) is 0.518. The third kappa shape index (κ3) is 1.72. The summed E-state index contributed by atoms with van der Waals surface area (Å²) in [6.45, 7) is 0.161. The lowest BCUT2D eigenvalue weighted by Crippen LogP contribution is -1.94. The molecule has 1 aromatic carbocycles. The number of ether oxygens (including phenoxy) is 2. The molecule has 18 heavy (non-hydrogen) atoms. The van der Waals surface area contributed by atoms with Gasteiger partial charge in [0, 0.05) is 11.6 Å². The number of hydrogen-bond donors (Lipinski definition) is 1. The van der Waals surface area contributed by atoms with Crippen LogP contribution < -0.4 is 9.47 Å². The highest BCUT2D eigenvalue weighted by Crippen LogP contribution is 2.42. The van der Waals surface area contributed by atoms with Crippen LogP contribution in [0.15, 0.2) is 27.2 Å². The van der Waals surface area contributed by atoms with E-state index in [-0.39, 0.29) is 12.5 Å². The van der Waals surface area contributed by atoms with Gasteiger partial charge < -0.3 is 19.1 Å². The zero-order valence-electron chi connectivity index (χ0n) is 8.84. The van der Waals surface area contributed by atoms with Crippen molar-refractivity contribution in [2.24, 2.45) is 0 Å². The Hall–Kier alpha value is -2.02. The van der Waals surface area contributed by atoms with Crippen LogP contribution in [-0.2, 0) is 0 Å². The Bertz CT molecular complexity index is 636. The molecule has 2 heterocycles. The van der Waals surface area contributed by atoms with Gasteiger partial charge in [-0.1, -0.05) is 5.16 Å². The van der Waals surface area contributed by atoms with Crippen LogP contribution in [-0.4, -0.2) is 23.0 Å². The zero-order valence-corrected chi connectivity index (χ0v) is 10.4. The number of hydrogen-bond acceptors (Lipinski definition) is 5. The summed E-state index contributed by atoms with van der Waals surface area (Å²) >= 11 is 3.35. The summed E-state index contributed by atoms with van der Waals surface area (Å²) in [6, 6.07) is 4.81. The van der Waals surface area contributed by atoms with Crippen LogP contribution in [0.2, 0.25) is 0 Å². The molecule has 0 spiro atoms. The highest BCUT2D eigenvalue weighted by Gasteiger charge is 2.20. The van der Waals surface area contributed by atoms with E-state index in [4.69, 9.17) is 19.1 Å². The Kier molecular flexibility index (Phi) is 2.48. The van der Waals surface area contributed by atoms with Crippen molar-refractivity contribution in [3.05, 3.63) is 28.4 Å².